The third-order valence-corrected chi connectivity index (χ3v) is 3.52. The van der Waals surface area contributed by atoms with Crippen molar-refractivity contribution in [3.05, 3.63) is 5.89 Å². The van der Waals surface area contributed by atoms with Gasteiger partial charge in [0.1, 0.15) is 6.04 Å². The fraction of sp³-hybridized carbons (Fsp3) is 0.600. The number of carbonyl (C=O) groups is 2. The molecule has 9 heteroatoms. The predicted molar refractivity (Wildman–Crippen MR) is 67.8 cm³/mol. The molecule has 0 bridgehead atoms. The van der Waals surface area contributed by atoms with E-state index in [-0.39, 0.29) is 23.4 Å². The van der Waals surface area contributed by atoms with Crippen molar-refractivity contribution >= 4 is 29.7 Å². The number of carboxylic acid groups (broad SMARTS) is 1. The molecule has 0 spiro atoms. The van der Waals surface area contributed by atoms with Crippen molar-refractivity contribution in [3.8, 4) is 0 Å². The minimum absolute atomic E-state index is 0.0787. The molecule has 1 aromatic rings. The Hall–Kier alpha value is -1.61. The summed E-state index contributed by atoms with van der Waals surface area (Å²) in [6.07, 6.45) is 2.08. The lowest BCUT2D eigenvalue weighted by Gasteiger charge is -2.04. The first-order valence-electron chi connectivity index (χ1n) is 5.75. The van der Waals surface area contributed by atoms with Crippen LogP contribution in [-0.2, 0) is 9.59 Å². The van der Waals surface area contributed by atoms with Crippen LogP contribution in [0.1, 0.15) is 24.7 Å². The lowest BCUT2D eigenvalue weighted by atomic mass is 10.4. The molecule has 1 atom stereocenters. The van der Waals surface area contributed by atoms with Gasteiger partial charge in [0.15, 0.2) is 0 Å². The Morgan fingerprint density at radius 2 is 2.26 bits per heavy atom. The van der Waals surface area contributed by atoms with E-state index in [1.54, 1.807) is 0 Å². The van der Waals surface area contributed by atoms with Gasteiger partial charge in [0.05, 0.1) is 5.75 Å². The molecular formula is C10H14N4O4S. The van der Waals surface area contributed by atoms with Crippen LogP contribution in [0.2, 0.25) is 0 Å². The topological polar surface area (TPSA) is 131 Å². The van der Waals surface area contributed by atoms with Crippen LogP contribution < -0.4 is 11.1 Å². The van der Waals surface area contributed by atoms with Crippen LogP contribution in [0.15, 0.2) is 4.42 Å². The van der Waals surface area contributed by atoms with Crippen molar-refractivity contribution in [1.82, 2.24) is 10.2 Å². The third-order valence-electron chi connectivity index (χ3n) is 2.46. The highest BCUT2D eigenvalue weighted by atomic mass is 32.2. The van der Waals surface area contributed by atoms with Gasteiger partial charge in [0, 0.05) is 11.7 Å². The summed E-state index contributed by atoms with van der Waals surface area (Å²) in [7, 11) is 0. The van der Waals surface area contributed by atoms with Gasteiger partial charge >= 0.3 is 12.0 Å². The number of nitrogens with zero attached hydrogens (tertiary/aromatic N) is 2. The van der Waals surface area contributed by atoms with Crippen LogP contribution in [0, 0.1) is 0 Å². The molecular weight excluding hydrogens is 272 g/mol. The van der Waals surface area contributed by atoms with Crippen molar-refractivity contribution in [1.29, 1.82) is 0 Å². The molecule has 0 saturated heterocycles. The monoisotopic (exact) mass is 286 g/mol. The number of amides is 1. The van der Waals surface area contributed by atoms with E-state index in [1.807, 2.05) is 0 Å². The number of hydrogen-bond acceptors (Lipinski definition) is 7. The van der Waals surface area contributed by atoms with Crippen LogP contribution in [0.4, 0.5) is 6.01 Å². The molecule has 0 unspecified atom stereocenters. The summed E-state index contributed by atoms with van der Waals surface area (Å²) in [6, 6.07) is -0.891. The van der Waals surface area contributed by atoms with Crippen LogP contribution in [0.5, 0.6) is 0 Å². The van der Waals surface area contributed by atoms with Crippen molar-refractivity contribution in [2.45, 2.75) is 24.8 Å². The Labute approximate surface area is 113 Å². The zero-order chi connectivity index (χ0) is 13.8. The van der Waals surface area contributed by atoms with E-state index in [0.29, 0.717) is 11.8 Å². The number of rotatable bonds is 7. The zero-order valence-electron chi connectivity index (χ0n) is 10.0. The van der Waals surface area contributed by atoms with Crippen molar-refractivity contribution in [2.75, 3.05) is 16.8 Å². The molecule has 2 rings (SSSR count). The highest BCUT2D eigenvalue weighted by molar-refractivity contribution is 8.00. The molecule has 1 saturated carbocycles. The maximum absolute atomic E-state index is 11.5. The number of anilines is 1. The Morgan fingerprint density at radius 1 is 1.53 bits per heavy atom. The number of hydrogen-bond donors (Lipinski definition) is 3. The van der Waals surface area contributed by atoms with E-state index in [2.05, 4.69) is 15.5 Å². The van der Waals surface area contributed by atoms with Crippen LogP contribution in [0.25, 0.3) is 0 Å². The van der Waals surface area contributed by atoms with E-state index in [0.717, 1.165) is 24.6 Å². The fourth-order valence-electron chi connectivity index (χ4n) is 1.29. The quantitative estimate of drug-likeness (QED) is 0.639. The Morgan fingerprint density at radius 3 is 2.89 bits per heavy atom. The lowest BCUT2D eigenvalue weighted by Crippen LogP contribution is -2.33. The van der Waals surface area contributed by atoms with Gasteiger partial charge in [-0.05, 0) is 12.8 Å². The van der Waals surface area contributed by atoms with Gasteiger partial charge < -0.3 is 15.3 Å². The molecule has 1 aliphatic carbocycles. The number of carbonyl (C=O) groups excluding carboxylic acids is 1. The number of nitrogens with one attached hydrogen (secondary N) is 1. The standard InChI is InChI=1S/C10H14N4O4S/c11-6(9(16)17)3-19-4-7(15)12-10-14-13-8(18-10)5-1-2-5/h5-6H,1-4,11H2,(H,16,17)(H,12,14,15)/t6-/m1/s1. The SMILES string of the molecule is N[C@H](CSCC(=O)Nc1nnc(C2CC2)o1)C(=O)O. The first-order valence-corrected chi connectivity index (χ1v) is 6.91. The second kappa shape index (κ2) is 6.02. The maximum atomic E-state index is 11.5. The summed E-state index contributed by atoms with van der Waals surface area (Å²) >= 11 is 1.13. The van der Waals surface area contributed by atoms with Crippen LogP contribution >= 0.6 is 11.8 Å². The first kappa shape index (κ1) is 13.8. The van der Waals surface area contributed by atoms with Crippen molar-refractivity contribution < 1.29 is 19.1 Å². The first-order chi connectivity index (χ1) is 9.06. The Bertz CT molecular complexity index is 474. The largest absolute Gasteiger partial charge is 0.480 e. The second-order valence-electron chi connectivity index (χ2n) is 4.23. The molecule has 1 amide bonds. The van der Waals surface area contributed by atoms with E-state index in [9.17, 15) is 9.59 Å². The smallest absolute Gasteiger partial charge is 0.322 e. The van der Waals surface area contributed by atoms with Gasteiger partial charge in [-0.3, -0.25) is 14.9 Å². The van der Waals surface area contributed by atoms with E-state index >= 15 is 0 Å². The van der Waals surface area contributed by atoms with Gasteiger partial charge in [-0.1, -0.05) is 5.10 Å². The second-order valence-corrected chi connectivity index (χ2v) is 5.26. The molecule has 0 radical (unpaired) electrons. The van der Waals surface area contributed by atoms with Crippen molar-refractivity contribution in [2.24, 2.45) is 5.73 Å². The summed E-state index contributed by atoms with van der Waals surface area (Å²) in [5.41, 5.74) is 5.31. The van der Waals surface area contributed by atoms with Gasteiger partial charge in [0.2, 0.25) is 11.8 Å². The summed E-state index contributed by atoms with van der Waals surface area (Å²) in [4.78, 5) is 22.0. The zero-order valence-corrected chi connectivity index (χ0v) is 10.9. The summed E-state index contributed by atoms with van der Waals surface area (Å²) < 4.78 is 5.26. The van der Waals surface area contributed by atoms with Crippen LogP contribution in [0.3, 0.4) is 0 Å². The van der Waals surface area contributed by atoms with E-state index in [4.69, 9.17) is 15.3 Å². The average molecular weight is 286 g/mol. The predicted octanol–water partition coefficient (Wildman–Crippen LogP) is 0.0306. The normalized spacial score (nSPS) is 16.1. The van der Waals surface area contributed by atoms with Gasteiger partial charge in [-0.2, -0.15) is 0 Å². The molecule has 19 heavy (non-hydrogen) atoms. The highest BCUT2D eigenvalue weighted by Gasteiger charge is 2.29. The summed E-state index contributed by atoms with van der Waals surface area (Å²) in [6.45, 7) is 0. The Kier molecular flexibility index (Phi) is 4.38. The number of carboxylic acids is 1. The molecule has 1 aliphatic rings. The fourth-order valence-corrected chi connectivity index (χ4v) is 2.06. The molecule has 8 nitrogen and oxygen atoms in total. The minimum atomic E-state index is -1.08. The van der Waals surface area contributed by atoms with E-state index in [1.165, 1.54) is 0 Å². The molecule has 1 fully saturated rings. The molecule has 0 aromatic carbocycles. The number of nitrogens with two attached hydrogens (primary N) is 1. The van der Waals surface area contributed by atoms with Gasteiger partial charge in [0.25, 0.3) is 0 Å². The number of aromatic nitrogens is 2. The molecule has 104 valence electrons. The number of aliphatic carboxylic acids is 1. The molecule has 4 N–H and O–H groups in total. The van der Waals surface area contributed by atoms with Crippen molar-refractivity contribution in [3.63, 3.8) is 0 Å². The molecule has 0 aliphatic heterocycles. The minimum Gasteiger partial charge on any atom is -0.480 e. The molecule has 1 heterocycles. The average Bonchev–Trinajstić information content (AvgIpc) is 3.10. The van der Waals surface area contributed by atoms with Gasteiger partial charge in [-0.15, -0.1) is 16.9 Å². The third kappa shape index (κ3) is 4.21. The lowest BCUT2D eigenvalue weighted by molar-refractivity contribution is -0.137. The highest BCUT2D eigenvalue weighted by Crippen LogP contribution is 2.39. The maximum Gasteiger partial charge on any atom is 0.322 e. The van der Waals surface area contributed by atoms with Crippen LogP contribution in [-0.4, -0.2) is 44.7 Å². The number of thioether (sulfide) groups is 1. The summed E-state index contributed by atoms with van der Waals surface area (Å²) in [5.74, 6) is -0.272. The Balaban J connectivity index is 1.69. The van der Waals surface area contributed by atoms with E-state index < -0.39 is 12.0 Å². The van der Waals surface area contributed by atoms with Gasteiger partial charge in [-0.25, -0.2) is 0 Å². The summed E-state index contributed by atoms with van der Waals surface area (Å²) in [5, 5.41) is 18.6. The molecule has 1 aromatic heterocycles.